The fraction of sp³-hybridized carbons (Fsp3) is 0. The van der Waals surface area contributed by atoms with Crippen LogP contribution in [0, 0.1) is 0 Å². The van der Waals surface area contributed by atoms with Crippen molar-refractivity contribution in [3.05, 3.63) is 70.8 Å². The first-order chi connectivity index (χ1) is 11.6. The lowest BCUT2D eigenvalue weighted by Gasteiger charge is -2.06. The highest BCUT2D eigenvalue weighted by molar-refractivity contribution is 6.03. The van der Waals surface area contributed by atoms with Crippen LogP contribution in [-0.4, -0.2) is 23.9 Å². The molecule has 24 heavy (non-hydrogen) atoms. The van der Waals surface area contributed by atoms with Gasteiger partial charge in [0.1, 0.15) is 0 Å². The van der Waals surface area contributed by atoms with Crippen LogP contribution in [0.4, 0.5) is 0 Å². The third-order valence-electron chi connectivity index (χ3n) is 3.09. The molecule has 0 saturated heterocycles. The van der Waals surface area contributed by atoms with Crippen molar-refractivity contribution in [2.24, 2.45) is 0 Å². The Morgan fingerprint density at radius 1 is 0.500 bits per heavy atom. The summed E-state index contributed by atoms with van der Waals surface area (Å²) in [5, 5.41) is 0. The standard InChI is InChI=1S/C16H8O8/c17-13-9-4-3-5-10(8-9)14(18)22-24-16(20)12-7-2-1-6-11(12)15(19)23-21-13/h1-8H. The minimum Gasteiger partial charge on any atom is -0.242 e. The maximum atomic E-state index is 12.0. The molecule has 0 radical (unpaired) electrons. The predicted molar refractivity (Wildman–Crippen MR) is 74.5 cm³/mol. The van der Waals surface area contributed by atoms with E-state index in [1.807, 2.05) is 0 Å². The number of fused-ring (bicyclic) bond motifs is 3. The van der Waals surface area contributed by atoms with Gasteiger partial charge in [0.15, 0.2) is 0 Å². The SMILES string of the molecule is O=C1OOC(=O)c2ccccc2C(=O)OOC(=O)c2cccc1c2. The molecule has 2 aromatic rings. The van der Waals surface area contributed by atoms with Gasteiger partial charge in [-0.05, 0) is 30.3 Å². The van der Waals surface area contributed by atoms with E-state index >= 15 is 0 Å². The Kier molecular flexibility index (Phi) is 3.94. The summed E-state index contributed by atoms with van der Waals surface area (Å²) >= 11 is 0. The fourth-order valence-corrected chi connectivity index (χ4v) is 1.95. The van der Waals surface area contributed by atoms with Gasteiger partial charge in [0.05, 0.1) is 22.3 Å². The van der Waals surface area contributed by atoms with Crippen LogP contribution in [0.15, 0.2) is 48.5 Å². The van der Waals surface area contributed by atoms with E-state index in [0.29, 0.717) is 0 Å². The summed E-state index contributed by atoms with van der Waals surface area (Å²) in [5.41, 5.74) is -0.568. The van der Waals surface area contributed by atoms with E-state index in [9.17, 15) is 19.2 Å². The smallest absolute Gasteiger partial charge is 0.242 e. The Morgan fingerprint density at radius 3 is 1.38 bits per heavy atom. The normalized spacial score (nSPS) is 14.7. The topological polar surface area (TPSA) is 105 Å². The van der Waals surface area contributed by atoms with E-state index in [4.69, 9.17) is 0 Å². The molecule has 2 aromatic carbocycles. The zero-order valence-corrected chi connectivity index (χ0v) is 11.9. The van der Waals surface area contributed by atoms with Crippen molar-refractivity contribution in [3.8, 4) is 0 Å². The molecule has 1 aliphatic rings. The molecule has 0 atom stereocenters. The lowest BCUT2D eigenvalue weighted by Crippen LogP contribution is -2.16. The summed E-state index contributed by atoms with van der Waals surface area (Å²) in [6, 6.07) is 10.6. The van der Waals surface area contributed by atoms with Gasteiger partial charge in [-0.25, -0.2) is 38.7 Å². The number of benzene rings is 2. The van der Waals surface area contributed by atoms with Gasteiger partial charge in [-0.15, -0.1) is 0 Å². The van der Waals surface area contributed by atoms with Gasteiger partial charge in [-0.3, -0.25) is 0 Å². The fourth-order valence-electron chi connectivity index (χ4n) is 1.95. The minimum absolute atomic E-state index is 0.0592. The van der Waals surface area contributed by atoms with Crippen molar-refractivity contribution in [1.82, 2.24) is 0 Å². The third kappa shape index (κ3) is 2.93. The van der Waals surface area contributed by atoms with Crippen LogP contribution in [-0.2, 0) is 19.6 Å². The molecule has 0 aliphatic carbocycles. The number of hydrogen-bond donors (Lipinski definition) is 0. The maximum absolute atomic E-state index is 12.0. The largest absolute Gasteiger partial charge is 0.387 e. The van der Waals surface area contributed by atoms with Gasteiger partial charge in [-0.2, -0.15) is 0 Å². The molecule has 1 heterocycles. The van der Waals surface area contributed by atoms with E-state index in [1.54, 1.807) is 0 Å². The quantitative estimate of drug-likeness (QED) is 0.675. The molecule has 8 nitrogen and oxygen atoms in total. The molecule has 0 fully saturated rings. The summed E-state index contributed by atoms with van der Waals surface area (Å²) in [5.74, 6) is -4.17. The lowest BCUT2D eigenvalue weighted by molar-refractivity contribution is -0.189. The average Bonchev–Trinajstić information content (AvgIpc) is 2.63. The highest BCUT2D eigenvalue weighted by Gasteiger charge is 2.24. The Hall–Kier alpha value is -3.68. The van der Waals surface area contributed by atoms with Gasteiger partial charge in [0.25, 0.3) is 0 Å². The van der Waals surface area contributed by atoms with Crippen molar-refractivity contribution in [2.45, 2.75) is 0 Å². The van der Waals surface area contributed by atoms with Crippen molar-refractivity contribution >= 4 is 23.9 Å². The summed E-state index contributed by atoms with van der Waals surface area (Å²) in [7, 11) is 0. The molecule has 0 amide bonds. The third-order valence-corrected chi connectivity index (χ3v) is 3.09. The molecule has 120 valence electrons. The first-order valence-corrected chi connectivity index (χ1v) is 6.62. The second kappa shape index (κ2) is 6.21. The van der Waals surface area contributed by atoms with Crippen molar-refractivity contribution in [2.75, 3.05) is 0 Å². The Morgan fingerprint density at radius 2 is 0.917 bits per heavy atom. The molecule has 8 heteroatoms. The maximum Gasteiger partial charge on any atom is 0.387 e. The van der Waals surface area contributed by atoms with Crippen LogP contribution in [0.1, 0.15) is 41.4 Å². The number of hydrogen-bond acceptors (Lipinski definition) is 8. The molecule has 0 spiro atoms. The summed E-state index contributed by atoms with van der Waals surface area (Å²) < 4.78 is 0. The first-order valence-electron chi connectivity index (χ1n) is 6.62. The van der Waals surface area contributed by atoms with Gasteiger partial charge in [-0.1, -0.05) is 18.2 Å². The van der Waals surface area contributed by atoms with Crippen molar-refractivity contribution < 1.29 is 38.7 Å². The predicted octanol–water partition coefficient (Wildman–Crippen LogP) is 1.86. The van der Waals surface area contributed by atoms with Crippen LogP contribution in [0.3, 0.4) is 0 Å². The van der Waals surface area contributed by atoms with E-state index in [-0.39, 0.29) is 22.3 Å². The molecule has 0 unspecified atom stereocenters. The minimum atomic E-state index is -1.09. The Balaban J connectivity index is 2.01. The molecule has 3 rings (SSSR count). The number of carbonyl (C=O) groups is 4. The zero-order chi connectivity index (χ0) is 17.1. The van der Waals surface area contributed by atoms with Gasteiger partial charge >= 0.3 is 23.9 Å². The molecular formula is C16H8O8. The second-order valence-corrected chi connectivity index (χ2v) is 4.61. The van der Waals surface area contributed by atoms with E-state index in [1.165, 1.54) is 42.5 Å². The van der Waals surface area contributed by atoms with E-state index < -0.39 is 23.9 Å². The highest BCUT2D eigenvalue weighted by atomic mass is 17.2. The molecule has 2 bridgehead atoms. The van der Waals surface area contributed by atoms with Crippen LogP contribution in [0.5, 0.6) is 0 Å². The van der Waals surface area contributed by atoms with Crippen molar-refractivity contribution in [1.29, 1.82) is 0 Å². The number of carbonyl (C=O) groups excluding carboxylic acids is 4. The second-order valence-electron chi connectivity index (χ2n) is 4.61. The van der Waals surface area contributed by atoms with Crippen LogP contribution in [0.2, 0.25) is 0 Å². The zero-order valence-electron chi connectivity index (χ0n) is 11.9. The monoisotopic (exact) mass is 328 g/mol. The molecule has 0 saturated carbocycles. The number of rotatable bonds is 0. The van der Waals surface area contributed by atoms with Crippen LogP contribution < -0.4 is 0 Å². The van der Waals surface area contributed by atoms with Gasteiger partial charge in [0, 0.05) is 0 Å². The molecular weight excluding hydrogens is 320 g/mol. The molecule has 1 aliphatic heterocycles. The van der Waals surface area contributed by atoms with E-state index in [0.717, 1.165) is 6.07 Å². The summed E-state index contributed by atoms with van der Waals surface area (Å²) in [6.07, 6.45) is 0. The van der Waals surface area contributed by atoms with Gasteiger partial charge in [0.2, 0.25) is 0 Å². The Labute approximate surface area is 134 Å². The average molecular weight is 328 g/mol. The Bertz CT molecular complexity index is 788. The first kappa shape index (κ1) is 15.2. The van der Waals surface area contributed by atoms with Crippen LogP contribution >= 0.6 is 0 Å². The van der Waals surface area contributed by atoms with E-state index in [2.05, 4.69) is 19.6 Å². The van der Waals surface area contributed by atoms with Crippen molar-refractivity contribution in [3.63, 3.8) is 0 Å². The summed E-state index contributed by atoms with van der Waals surface area (Å²) in [6.45, 7) is 0. The molecule has 0 aromatic heterocycles. The van der Waals surface area contributed by atoms with Crippen LogP contribution in [0.25, 0.3) is 0 Å². The van der Waals surface area contributed by atoms with Gasteiger partial charge < -0.3 is 0 Å². The molecule has 0 N–H and O–H groups in total. The lowest BCUT2D eigenvalue weighted by atomic mass is 10.1. The highest BCUT2D eigenvalue weighted by Crippen LogP contribution is 2.15. The summed E-state index contributed by atoms with van der Waals surface area (Å²) in [4.78, 5) is 65.4.